The van der Waals surface area contributed by atoms with E-state index in [1.807, 2.05) is 19.1 Å². The molecule has 1 aliphatic heterocycles. The van der Waals surface area contributed by atoms with Gasteiger partial charge in [0.05, 0.1) is 5.69 Å². The summed E-state index contributed by atoms with van der Waals surface area (Å²) in [5, 5.41) is 0. The molecular formula is C26H31FN4O. The molecule has 0 bridgehead atoms. The van der Waals surface area contributed by atoms with Crippen LogP contribution in [0.1, 0.15) is 54.7 Å². The van der Waals surface area contributed by atoms with Crippen LogP contribution >= 0.6 is 0 Å². The first-order valence-corrected chi connectivity index (χ1v) is 12.1. The van der Waals surface area contributed by atoms with E-state index in [1.54, 1.807) is 6.07 Å². The number of H-pyrrole nitrogens is 1. The normalized spacial score (nSPS) is 24.5. The Labute approximate surface area is 188 Å². The van der Waals surface area contributed by atoms with Crippen LogP contribution in [-0.2, 0) is 12.8 Å². The summed E-state index contributed by atoms with van der Waals surface area (Å²) in [5.74, 6) is 0.653. The molecular weight excluding hydrogens is 403 g/mol. The van der Waals surface area contributed by atoms with E-state index >= 15 is 0 Å². The van der Waals surface area contributed by atoms with E-state index in [4.69, 9.17) is 4.98 Å². The summed E-state index contributed by atoms with van der Waals surface area (Å²) in [6.07, 6.45) is 9.98. The molecule has 2 fully saturated rings. The van der Waals surface area contributed by atoms with Gasteiger partial charge in [0.1, 0.15) is 11.6 Å². The smallest absolute Gasteiger partial charge is 0.254 e. The van der Waals surface area contributed by atoms with Crippen LogP contribution in [0.2, 0.25) is 0 Å². The summed E-state index contributed by atoms with van der Waals surface area (Å²) in [6.45, 7) is 5.69. The highest BCUT2D eigenvalue weighted by atomic mass is 19.1. The second kappa shape index (κ2) is 7.55. The standard InChI is InChI=1S/C26H31FN4O/c1-17-14-19(4-5-22(17)27)30-10-12-31(13-11-30)20-3-2-18(15-20)24-28-23-6-7-26(8-9-26)16-21(23)25(32)29-24/h4-5,14-15,20H,2-3,6-13,16H2,1H3,(H,28,29,32)/t20-/m1/s1. The van der Waals surface area contributed by atoms with Crippen LogP contribution in [0.25, 0.3) is 5.57 Å². The maximum Gasteiger partial charge on any atom is 0.254 e. The maximum absolute atomic E-state index is 13.6. The van der Waals surface area contributed by atoms with Crippen molar-refractivity contribution < 1.29 is 4.39 Å². The Morgan fingerprint density at radius 1 is 1.12 bits per heavy atom. The first-order valence-electron chi connectivity index (χ1n) is 12.1. The Balaban J connectivity index is 1.14. The van der Waals surface area contributed by atoms with Crippen LogP contribution in [-0.4, -0.2) is 47.1 Å². The molecule has 2 aromatic rings. The van der Waals surface area contributed by atoms with Crippen molar-refractivity contribution in [2.24, 2.45) is 5.41 Å². The van der Waals surface area contributed by atoms with Crippen molar-refractivity contribution in [1.82, 2.24) is 14.9 Å². The predicted octanol–water partition coefficient (Wildman–Crippen LogP) is 3.85. The van der Waals surface area contributed by atoms with Gasteiger partial charge in [0.15, 0.2) is 0 Å². The summed E-state index contributed by atoms with van der Waals surface area (Å²) >= 11 is 0. The zero-order valence-corrected chi connectivity index (χ0v) is 18.8. The zero-order valence-electron chi connectivity index (χ0n) is 18.8. The van der Waals surface area contributed by atoms with Crippen LogP contribution in [0.15, 0.2) is 29.1 Å². The van der Waals surface area contributed by atoms with Crippen molar-refractivity contribution in [3.63, 3.8) is 0 Å². The van der Waals surface area contributed by atoms with Gasteiger partial charge in [-0.3, -0.25) is 9.69 Å². The molecule has 6 heteroatoms. The number of hydrogen-bond acceptors (Lipinski definition) is 4. The van der Waals surface area contributed by atoms with Crippen molar-refractivity contribution in [2.75, 3.05) is 31.1 Å². The quantitative estimate of drug-likeness (QED) is 0.797. The number of anilines is 1. The summed E-state index contributed by atoms with van der Waals surface area (Å²) < 4.78 is 13.6. The fourth-order valence-corrected chi connectivity index (χ4v) is 5.86. The molecule has 1 N–H and O–H groups in total. The molecule has 168 valence electrons. The van der Waals surface area contributed by atoms with Gasteiger partial charge in [-0.2, -0.15) is 0 Å². The van der Waals surface area contributed by atoms with E-state index in [-0.39, 0.29) is 11.4 Å². The Morgan fingerprint density at radius 3 is 2.69 bits per heavy atom. The zero-order chi connectivity index (χ0) is 21.9. The molecule has 4 aliphatic rings. The molecule has 1 saturated carbocycles. The number of rotatable bonds is 3. The van der Waals surface area contributed by atoms with Gasteiger partial charge in [0.25, 0.3) is 5.56 Å². The van der Waals surface area contributed by atoms with E-state index < -0.39 is 0 Å². The molecule has 1 aromatic heterocycles. The highest BCUT2D eigenvalue weighted by molar-refractivity contribution is 5.63. The number of hydrogen-bond donors (Lipinski definition) is 1. The third-order valence-electron chi connectivity index (χ3n) is 8.20. The van der Waals surface area contributed by atoms with Gasteiger partial charge in [0, 0.05) is 43.5 Å². The van der Waals surface area contributed by atoms with Gasteiger partial charge in [-0.15, -0.1) is 0 Å². The fourth-order valence-electron chi connectivity index (χ4n) is 5.86. The number of piperazine rings is 1. The van der Waals surface area contributed by atoms with Gasteiger partial charge in [0.2, 0.25) is 0 Å². The lowest BCUT2D eigenvalue weighted by atomic mass is 9.84. The highest BCUT2D eigenvalue weighted by Gasteiger charge is 2.45. The van der Waals surface area contributed by atoms with E-state index in [0.29, 0.717) is 17.0 Å². The number of fused-ring (bicyclic) bond motifs is 1. The third-order valence-corrected chi connectivity index (χ3v) is 8.20. The summed E-state index contributed by atoms with van der Waals surface area (Å²) in [5.41, 5.74) is 5.49. The molecule has 0 radical (unpaired) electrons. The predicted molar refractivity (Wildman–Crippen MR) is 124 cm³/mol. The van der Waals surface area contributed by atoms with Crippen molar-refractivity contribution >= 4 is 11.3 Å². The average Bonchev–Trinajstić information content (AvgIpc) is 3.36. The molecule has 1 saturated heterocycles. The summed E-state index contributed by atoms with van der Waals surface area (Å²) in [6, 6.07) is 5.80. The Kier molecular flexibility index (Phi) is 4.75. The molecule has 32 heavy (non-hydrogen) atoms. The Morgan fingerprint density at radius 2 is 1.94 bits per heavy atom. The summed E-state index contributed by atoms with van der Waals surface area (Å²) in [7, 11) is 0. The molecule has 1 aromatic carbocycles. The van der Waals surface area contributed by atoms with Crippen molar-refractivity contribution in [1.29, 1.82) is 0 Å². The number of aryl methyl sites for hydroxylation is 2. The number of benzene rings is 1. The Hall–Kier alpha value is -2.47. The van der Waals surface area contributed by atoms with Crippen LogP contribution < -0.4 is 10.5 Å². The second-order valence-corrected chi connectivity index (χ2v) is 10.3. The molecule has 2 heterocycles. The van der Waals surface area contributed by atoms with Gasteiger partial charge in [-0.25, -0.2) is 9.37 Å². The van der Waals surface area contributed by atoms with Gasteiger partial charge in [-0.1, -0.05) is 6.08 Å². The molecule has 1 spiro atoms. The number of aromatic amines is 1. The monoisotopic (exact) mass is 434 g/mol. The molecule has 3 aliphatic carbocycles. The number of nitrogens with one attached hydrogen (secondary N) is 1. The molecule has 0 unspecified atom stereocenters. The molecule has 1 atom stereocenters. The first-order chi connectivity index (χ1) is 15.5. The Bertz CT molecular complexity index is 1140. The van der Waals surface area contributed by atoms with Crippen LogP contribution in [0.4, 0.5) is 10.1 Å². The fraction of sp³-hybridized carbons (Fsp3) is 0.538. The molecule has 6 rings (SSSR count). The first kappa shape index (κ1) is 20.2. The van der Waals surface area contributed by atoms with Gasteiger partial charge in [-0.05, 0) is 86.6 Å². The van der Waals surface area contributed by atoms with Crippen LogP contribution in [0, 0.1) is 18.2 Å². The van der Waals surface area contributed by atoms with Crippen LogP contribution in [0.3, 0.4) is 0 Å². The minimum atomic E-state index is -0.142. The molecule has 0 amide bonds. The van der Waals surface area contributed by atoms with Crippen molar-refractivity contribution in [3.8, 4) is 0 Å². The lowest BCUT2D eigenvalue weighted by Gasteiger charge is -2.38. The van der Waals surface area contributed by atoms with Gasteiger partial charge >= 0.3 is 0 Å². The SMILES string of the molecule is Cc1cc(N2CCN([C@H]3C=C(c4nc5c(c(=O)[nH]4)CC4(CC5)CC4)CC3)CC2)ccc1F. The largest absolute Gasteiger partial charge is 0.369 e. The maximum atomic E-state index is 13.6. The van der Waals surface area contributed by atoms with E-state index in [9.17, 15) is 9.18 Å². The van der Waals surface area contributed by atoms with E-state index in [0.717, 1.165) is 74.6 Å². The van der Waals surface area contributed by atoms with Crippen LogP contribution in [0.5, 0.6) is 0 Å². The molecule has 5 nitrogen and oxygen atoms in total. The number of allylic oxidation sites excluding steroid dienone is 1. The van der Waals surface area contributed by atoms with Crippen molar-refractivity contribution in [2.45, 2.75) is 57.9 Å². The van der Waals surface area contributed by atoms with Crippen molar-refractivity contribution in [3.05, 3.63) is 63.1 Å². The minimum Gasteiger partial charge on any atom is -0.369 e. The minimum absolute atomic E-state index is 0.0866. The third kappa shape index (κ3) is 3.58. The average molecular weight is 435 g/mol. The van der Waals surface area contributed by atoms with E-state index in [1.165, 1.54) is 24.8 Å². The number of halogens is 1. The topological polar surface area (TPSA) is 52.2 Å². The second-order valence-electron chi connectivity index (χ2n) is 10.3. The lowest BCUT2D eigenvalue weighted by Crippen LogP contribution is -2.49. The van der Waals surface area contributed by atoms with E-state index in [2.05, 4.69) is 20.9 Å². The summed E-state index contributed by atoms with van der Waals surface area (Å²) in [4.78, 5) is 25.7. The number of aromatic nitrogens is 2. The lowest BCUT2D eigenvalue weighted by molar-refractivity contribution is 0.214. The van der Waals surface area contributed by atoms with Gasteiger partial charge < -0.3 is 9.88 Å². The highest BCUT2D eigenvalue weighted by Crippen LogP contribution is 2.53. The number of nitrogens with zero attached hydrogens (tertiary/aromatic N) is 3.